The van der Waals surface area contributed by atoms with E-state index in [1.54, 1.807) is 18.3 Å². The molecule has 1 amide bonds. The largest absolute Gasteiger partial charge is 0.302 e. The van der Waals surface area contributed by atoms with Crippen molar-refractivity contribution in [2.24, 2.45) is 5.92 Å². The third-order valence-electron chi connectivity index (χ3n) is 5.95. The van der Waals surface area contributed by atoms with Crippen LogP contribution in [-0.2, 0) is 17.9 Å². The van der Waals surface area contributed by atoms with Crippen molar-refractivity contribution >= 4 is 22.4 Å². The van der Waals surface area contributed by atoms with Crippen molar-refractivity contribution < 1.29 is 4.79 Å². The molecule has 1 saturated heterocycles. The van der Waals surface area contributed by atoms with Gasteiger partial charge in [0.05, 0.1) is 5.69 Å². The van der Waals surface area contributed by atoms with Crippen LogP contribution in [0.4, 0.5) is 5.13 Å². The Kier molecular flexibility index (Phi) is 6.63. The number of carbonyl (C=O) groups excluding carboxylic acids is 1. The topological polar surface area (TPSA) is 39.7 Å². The summed E-state index contributed by atoms with van der Waals surface area (Å²) in [5.74, 6) is 0.892. The summed E-state index contributed by atoms with van der Waals surface area (Å²) >= 11 is 1.61. The molecule has 2 aromatic rings. The fraction of sp³-hybridized carbons (Fsp3) is 0.565. The molecule has 2 fully saturated rings. The van der Waals surface area contributed by atoms with E-state index in [4.69, 9.17) is 4.98 Å². The van der Waals surface area contributed by atoms with Crippen molar-refractivity contribution in [3.8, 4) is 0 Å². The van der Waals surface area contributed by atoms with Crippen LogP contribution >= 0.6 is 11.3 Å². The minimum absolute atomic E-state index is 0.119. The molecule has 4 rings (SSSR count). The zero-order chi connectivity index (χ0) is 20.2. The molecule has 1 aromatic heterocycles. The lowest BCUT2D eigenvalue weighted by atomic mass is 9.96. The second-order valence-corrected chi connectivity index (χ2v) is 9.48. The van der Waals surface area contributed by atoms with Gasteiger partial charge in [-0.3, -0.25) is 14.6 Å². The van der Waals surface area contributed by atoms with Crippen LogP contribution in [-0.4, -0.2) is 53.4 Å². The van der Waals surface area contributed by atoms with E-state index in [0.29, 0.717) is 6.04 Å². The van der Waals surface area contributed by atoms with Gasteiger partial charge in [-0.05, 0) is 57.3 Å². The number of carbonyl (C=O) groups is 1. The Hall–Kier alpha value is -1.76. The maximum Gasteiger partial charge on any atom is 0.225 e. The minimum atomic E-state index is 0.119. The van der Waals surface area contributed by atoms with Crippen molar-refractivity contribution in [2.75, 3.05) is 31.6 Å². The molecule has 6 heteroatoms. The quantitative estimate of drug-likeness (QED) is 0.657. The predicted octanol–water partition coefficient (Wildman–Crippen LogP) is 4.00. The first-order chi connectivity index (χ1) is 14.1. The van der Waals surface area contributed by atoms with E-state index in [0.717, 1.165) is 55.8 Å². The van der Waals surface area contributed by atoms with Gasteiger partial charge in [0.2, 0.25) is 5.91 Å². The third kappa shape index (κ3) is 5.65. The molecule has 1 saturated carbocycles. The second-order valence-electron chi connectivity index (χ2n) is 8.64. The van der Waals surface area contributed by atoms with Crippen LogP contribution in [0.3, 0.4) is 0 Å². The van der Waals surface area contributed by atoms with E-state index >= 15 is 0 Å². The maximum absolute atomic E-state index is 11.9. The number of aromatic nitrogens is 1. The van der Waals surface area contributed by atoms with Crippen LogP contribution in [0, 0.1) is 5.92 Å². The summed E-state index contributed by atoms with van der Waals surface area (Å²) in [6.45, 7) is 7.01. The van der Waals surface area contributed by atoms with Gasteiger partial charge in [0.15, 0.2) is 5.13 Å². The summed E-state index contributed by atoms with van der Waals surface area (Å²) < 4.78 is 0. The van der Waals surface area contributed by atoms with E-state index in [-0.39, 0.29) is 5.91 Å². The van der Waals surface area contributed by atoms with Gasteiger partial charge in [-0.2, -0.15) is 0 Å². The minimum Gasteiger partial charge on any atom is -0.302 e. The van der Waals surface area contributed by atoms with Crippen molar-refractivity contribution in [3.63, 3.8) is 0 Å². The molecule has 5 nitrogen and oxygen atoms in total. The summed E-state index contributed by atoms with van der Waals surface area (Å²) in [6, 6.07) is 11.1. The standard InChI is InChI=1S/C23H32N4OS/c1-18(28)27(22-8-9-22)23-24-21(17-29-23)16-26-12-10-20(11-13-26)15-25(2)14-19-6-4-3-5-7-19/h3-7,17,20,22H,8-16H2,1-2H3. The number of benzene rings is 1. The van der Waals surface area contributed by atoms with Gasteiger partial charge >= 0.3 is 0 Å². The van der Waals surface area contributed by atoms with Gasteiger partial charge in [0, 0.05) is 38.0 Å². The lowest BCUT2D eigenvalue weighted by molar-refractivity contribution is -0.116. The number of likely N-dealkylation sites (tertiary alicyclic amines) is 1. The van der Waals surface area contributed by atoms with Gasteiger partial charge < -0.3 is 4.90 Å². The molecule has 1 aliphatic carbocycles. The van der Waals surface area contributed by atoms with Gasteiger partial charge in [-0.1, -0.05) is 30.3 Å². The molecule has 0 unspecified atom stereocenters. The predicted molar refractivity (Wildman–Crippen MR) is 119 cm³/mol. The number of hydrogen-bond acceptors (Lipinski definition) is 5. The molecular formula is C23H32N4OS. The maximum atomic E-state index is 11.9. The molecule has 1 aromatic carbocycles. The van der Waals surface area contributed by atoms with E-state index in [9.17, 15) is 4.79 Å². The van der Waals surface area contributed by atoms with Gasteiger partial charge in [-0.15, -0.1) is 11.3 Å². The van der Waals surface area contributed by atoms with Crippen LogP contribution in [0.5, 0.6) is 0 Å². The van der Waals surface area contributed by atoms with E-state index < -0.39 is 0 Å². The fourth-order valence-corrected chi connectivity index (χ4v) is 5.25. The number of nitrogens with zero attached hydrogens (tertiary/aromatic N) is 4. The van der Waals surface area contributed by atoms with Crippen molar-refractivity contribution in [1.82, 2.24) is 14.8 Å². The van der Waals surface area contributed by atoms with Crippen molar-refractivity contribution in [1.29, 1.82) is 0 Å². The molecule has 1 aliphatic heterocycles. The average Bonchev–Trinajstić information content (AvgIpc) is 3.42. The molecule has 0 atom stereocenters. The van der Waals surface area contributed by atoms with Crippen molar-refractivity contribution in [3.05, 3.63) is 47.0 Å². The van der Waals surface area contributed by atoms with E-state index in [1.807, 2.05) is 4.90 Å². The third-order valence-corrected chi connectivity index (χ3v) is 6.84. The highest BCUT2D eigenvalue weighted by molar-refractivity contribution is 7.14. The lowest BCUT2D eigenvalue weighted by Gasteiger charge is -2.33. The van der Waals surface area contributed by atoms with Crippen LogP contribution < -0.4 is 4.90 Å². The highest BCUT2D eigenvalue weighted by Gasteiger charge is 2.33. The SMILES string of the molecule is CC(=O)N(c1nc(CN2CCC(CN(C)Cc3ccccc3)CC2)cs1)C1CC1. The summed E-state index contributed by atoms with van der Waals surface area (Å²) in [7, 11) is 2.23. The molecule has 0 bridgehead atoms. The molecule has 2 heterocycles. The number of thiazole rings is 1. The Labute approximate surface area is 178 Å². The Morgan fingerprint density at radius 3 is 2.55 bits per heavy atom. The van der Waals surface area contributed by atoms with E-state index in [2.05, 4.69) is 52.6 Å². The Bertz CT molecular complexity index is 796. The molecule has 156 valence electrons. The smallest absolute Gasteiger partial charge is 0.225 e. The zero-order valence-corrected chi connectivity index (χ0v) is 18.4. The first-order valence-electron chi connectivity index (χ1n) is 10.8. The highest BCUT2D eigenvalue weighted by Crippen LogP contribution is 2.34. The normalized spacial score (nSPS) is 18.3. The lowest BCUT2D eigenvalue weighted by Crippen LogP contribution is -2.37. The molecule has 0 radical (unpaired) electrons. The second kappa shape index (κ2) is 9.37. The number of hydrogen-bond donors (Lipinski definition) is 0. The highest BCUT2D eigenvalue weighted by atomic mass is 32.1. The van der Waals surface area contributed by atoms with E-state index in [1.165, 1.54) is 24.9 Å². The molecule has 29 heavy (non-hydrogen) atoms. The zero-order valence-electron chi connectivity index (χ0n) is 17.6. The first-order valence-corrected chi connectivity index (χ1v) is 11.7. The fourth-order valence-electron chi connectivity index (χ4n) is 4.32. The number of anilines is 1. The molecule has 0 N–H and O–H groups in total. The van der Waals surface area contributed by atoms with Crippen LogP contribution in [0.2, 0.25) is 0 Å². The number of piperidine rings is 1. The monoisotopic (exact) mass is 412 g/mol. The van der Waals surface area contributed by atoms with Crippen LogP contribution in [0.1, 0.15) is 43.9 Å². The molecule has 0 spiro atoms. The summed E-state index contributed by atoms with van der Waals surface area (Å²) in [4.78, 5) is 23.6. The van der Waals surface area contributed by atoms with Crippen molar-refractivity contribution in [2.45, 2.75) is 51.7 Å². The average molecular weight is 413 g/mol. The Balaban J connectivity index is 1.22. The van der Waals surface area contributed by atoms with Crippen LogP contribution in [0.15, 0.2) is 35.7 Å². The van der Waals surface area contributed by atoms with Gasteiger partial charge in [0.1, 0.15) is 0 Å². The Morgan fingerprint density at radius 2 is 1.90 bits per heavy atom. The van der Waals surface area contributed by atoms with Crippen LogP contribution in [0.25, 0.3) is 0 Å². The van der Waals surface area contributed by atoms with Gasteiger partial charge in [0.25, 0.3) is 0 Å². The Morgan fingerprint density at radius 1 is 1.17 bits per heavy atom. The number of amides is 1. The summed E-state index contributed by atoms with van der Waals surface area (Å²) in [6.07, 6.45) is 4.72. The number of rotatable bonds is 8. The summed E-state index contributed by atoms with van der Waals surface area (Å²) in [5.41, 5.74) is 2.49. The summed E-state index contributed by atoms with van der Waals surface area (Å²) in [5, 5.41) is 3.01. The first kappa shape index (κ1) is 20.5. The molecule has 2 aliphatic rings. The molecular weight excluding hydrogens is 380 g/mol. The van der Waals surface area contributed by atoms with Gasteiger partial charge in [-0.25, -0.2) is 4.98 Å².